The van der Waals surface area contributed by atoms with Crippen molar-refractivity contribution in [2.45, 2.75) is 58.2 Å². The highest BCUT2D eigenvalue weighted by atomic mass is 16.5. The largest absolute Gasteiger partial charge is 0.377 e. The molecule has 3 rings (SSSR count). The number of hydrogen-bond donors (Lipinski definition) is 1. The molecule has 3 nitrogen and oxygen atoms in total. The van der Waals surface area contributed by atoms with Gasteiger partial charge in [-0.1, -0.05) is 20.8 Å². The van der Waals surface area contributed by atoms with E-state index in [-0.39, 0.29) is 0 Å². The molecule has 3 atom stereocenters. The lowest BCUT2D eigenvalue weighted by molar-refractivity contribution is -0.112. The van der Waals surface area contributed by atoms with Gasteiger partial charge in [0.25, 0.3) is 0 Å². The first-order valence-corrected chi connectivity index (χ1v) is 7.73. The fourth-order valence-electron chi connectivity index (χ4n) is 4.14. The highest BCUT2D eigenvalue weighted by molar-refractivity contribution is 5.11. The zero-order valence-corrected chi connectivity index (χ0v) is 12.1. The van der Waals surface area contributed by atoms with Gasteiger partial charge < -0.3 is 10.1 Å². The van der Waals surface area contributed by atoms with Crippen molar-refractivity contribution in [3.63, 3.8) is 0 Å². The van der Waals surface area contributed by atoms with Gasteiger partial charge in [0.15, 0.2) is 0 Å². The van der Waals surface area contributed by atoms with Gasteiger partial charge in [0.05, 0.1) is 6.10 Å². The maximum Gasteiger partial charge on any atom is 0.0685 e. The average molecular weight is 252 g/mol. The number of likely N-dealkylation sites (N-methyl/N-ethyl adjacent to an activating group) is 1. The van der Waals surface area contributed by atoms with Gasteiger partial charge in [0, 0.05) is 43.1 Å². The van der Waals surface area contributed by atoms with Crippen molar-refractivity contribution in [1.82, 2.24) is 10.2 Å². The molecular formula is C15H28N2O. The second-order valence-corrected chi connectivity index (χ2v) is 6.86. The minimum atomic E-state index is 0.331. The number of ether oxygens (including phenoxy) is 1. The van der Waals surface area contributed by atoms with E-state index in [1.807, 2.05) is 0 Å². The Balaban J connectivity index is 1.45. The van der Waals surface area contributed by atoms with Crippen LogP contribution in [0.4, 0.5) is 0 Å². The highest BCUT2D eigenvalue weighted by Gasteiger charge is 2.58. The molecule has 104 valence electrons. The smallest absolute Gasteiger partial charge is 0.0685 e. The van der Waals surface area contributed by atoms with Gasteiger partial charge in [0.2, 0.25) is 0 Å². The van der Waals surface area contributed by atoms with E-state index in [1.165, 1.54) is 32.4 Å². The molecule has 1 heterocycles. The van der Waals surface area contributed by atoms with Crippen LogP contribution in [0.2, 0.25) is 0 Å². The molecule has 0 amide bonds. The molecule has 1 aliphatic heterocycles. The summed E-state index contributed by atoms with van der Waals surface area (Å²) >= 11 is 0. The van der Waals surface area contributed by atoms with Crippen molar-refractivity contribution in [1.29, 1.82) is 0 Å². The Morgan fingerprint density at radius 2 is 2.06 bits per heavy atom. The van der Waals surface area contributed by atoms with Gasteiger partial charge in [-0.25, -0.2) is 0 Å². The van der Waals surface area contributed by atoms with E-state index >= 15 is 0 Å². The molecule has 1 N–H and O–H groups in total. The molecule has 3 unspecified atom stereocenters. The zero-order valence-electron chi connectivity index (χ0n) is 12.1. The van der Waals surface area contributed by atoms with Gasteiger partial charge in [-0.15, -0.1) is 0 Å². The molecule has 0 aromatic carbocycles. The molecule has 18 heavy (non-hydrogen) atoms. The van der Waals surface area contributed by atoms with Crippen LogP contribution < -0.4 is 5.32 Å². The maximum absolute atomic E-state index is 5.84. The van der Waals surface area contributed by atoms with Crippen molar-refractivity contribution < 1.29 is 4.74 Å². The van der Waals surface area contributed by atoms with Crippen LogP contribution in [0.1, 0.15) is 40.0 Å². The fourth-order valence-corrected chi connectivity index (χ4v) is 4.14. The van der Waals surface area contributed by atoms with Gasteiger partial charge in [-0.05, 0) is 25.8 Å². The second-order valence-electron chi connectivity index (χ2n) is 6.86. The summed E-state index contributed by atoms with van der Waals surface area (Å²) in [7, 11) is 0. The Morgan fingerprint density at radius 3 is 2.72 bits per heavy atom. The Morgan fingerprint density at radius 1 is 1.28 bits per heavy atom. The summed E-state index contributed by atoms with van der Waals surface area (Å²) < 4.78 is 5.84. The van der Waals surface area contributed by atoms with Gasteiger partial charge in [0.1, 0.15) is 0 Å². The molecule has 3 heteroatoms. The Labute approximate surface area is 111 Å². The van der Waals surface area contributed by atoms with Crippen LogP contribution in [0.15, 0.2) is 0 Å². The molecule has 0 spiro atoms. The van der Waals surface area contributed by atoms with E-state index in [0.717, 1.165) is 25.1 Å². The Bertz CT molecular complexity index is 301. The van der Waals surface area contributed by atoms with Crippen LogP contribution in [-0.2, 0) is 4.74 Å². The van der Waals surface area contributed by atoms with E-state index in [4.69, 9.17) is 4.74 Å². The molecule has 0 aromatic heterocycles. The van der Waals surface area contributed by atoms with Gasteiger partial charge in [-0.3, -0.25) is 4.90 Å². The van der Waals surface area contributed by atoms with Crippen LogP contribution in [-0.4, -0.2) is 49.3 Å². The Kier molecular flexibility index (Phi) is 3.41. The normalized spacial score (nSPS) is 37.7. The van der Waals surface area contributed by atoms with Crippen LogP contribution in [0, 0.1) is 11.3 Å². The summed E-state index contributed by atoms with van der Waals surface area (Å²) in [4.78, 5) is 2.63. The van der Waals surface area contributed by atoms with Crippen molar-refractivity contribution in [2.24, 2.45) is 11.3 Å². The molecule has 3 fully saturated rings. The minimum Gasteiger partial charge on any atom is -0.377 e. The first-order valence-electron chi connectivity index (χ1n) is 7.73. The molecule has 0 bridgehead atoms. The van der Waals surface area contributed by atoms with Gasteiger partial charge in [-0.2, -0.15) is 0 Å². The van der Waals surface area contributed by atoms with Crippen molar-refractivity contribution in [2.75, 3.05) is 26.2 Å². The van der Waals surface area contributed by atoms with Crippen molar-refractivity contribution in [3.8, 4) is 0 Å². The summed E-state index contributed by atoms with van der Waals surface area (Å²) in [6.07, 6.45) is 4.61. The van der Waals surface area contributed by atoms with E-state index in [1.54, 1.807) is 0 Å². The Hall–Kier alpha value is -0.120. The third-order valence-corrected chi connectivity index (χ3v) is 5.33. The van der Waals surface area contributed by atoms with E-state index in [2.05, 4.69) is 31.0 Å². The highest BCUT2D eigenvalue weighted by Crippen LogP contribution is 2.51. The lowest BCUT2D eigenvalue weighted by Crippen LogP contribution is -2.66. The van der Waals surface area contributed by atoms with Crippen LogP contribution in [0.25, 0.3) is 0 Å². The van der Waals surface area contributed by atoms with Crippen LogP contribution in [0.5, 0.6) is 0 Å². The number of fused-ring (bicyclic) bond motifs is 1. The molecule has 3 aliphatic rings. The summed E-state index contributed by atoms with van der Waals surface area (Å²) in [5, 5.41) is 3.81. The lowest BCUT2D eigenvalue weighted by atomic mass is 9.57. The summed E-state index contributed by atoms with van der Waals surface area (Å²) in [5.41, 5.74) is 0.331. The topological polar surface area (TPSA) is 24.5 Å². The molecule has 2 saturated carbocycles. The van der Waals surface area contributed by atoms with E-state index in [9.17, 15) is 0 Å². The minimum absolute atomic E-state index is 0.331. The number of rotatable bonds is 6. The predicted octanol–water partition coefficient (Wildman–Crippen LogP) is 1.87. The summed E-state index contributed by atoms with van der Waals surface area (Å²) in [6.45, 7) is 11.5. The van der Waals surface area contributed by atoms with Crippen LogP contribution >= 0.6 is 0 Å². The number of hydrogen-bond acceptors (Lipinski definition) is 3. The second kappa shape index (κ2) is 4.77. The third-order valence-electron chi connectivity index (χ3n) is 5.33. The zero-order chi connectivity index (χ0) is 12.8. The molecule has 2 aliphatic carbocycles. The van der Waals surface area contributed by atoms with E-state index < -0.39 is 0 Å². The standard InChI is InChI=1S/C15H28N2O/c1-4-17(11-5-6-11)9-8-16-13-12-7-10-18-14(12)15(13,2)3/h11-14,16H,4-10H2,1-3H3. The van der Waals surface area contributed by atoms with Gasteiger partial charge >= 0.3 is 0 Å². The average Bonchev–Trinajstić information content (AvgIpc) is 3.07. The fraction of sp³-hybridized carbons (Fsp3) is 1.00. The monoisotopic (exact) mass is 252 g/mol. The summed E-state index contributed by atoms with van der Waals surface area (Å²) in [6, 6.07) is 1.57. The number of nitrogens with zero attached hydrogens (tertiary/aromatic N) is 1. The summed E-state index contributed by atoms with van der Waals surface area (Å²) in [5.74, 6) is 0.774. The molecule has 1 saturated heterocycles. The molecule has 0 radical (unpaired) electrons. The maximum atomic E-state index is 5.84. The van der Waals surface area contributed by atoms with Crippen LogP contribution in [0.3, 0.4) is 0 Å². The predicted molar refractivity (Wildman–Crippen MR) is 73.7 cm³/mol. The SMILES string of the molecule is CCN(CCNC1C2CCOC2C1(C)C)C1CC1. The lowest BCUT2D eigenvalue weighted by Gasteiger charge is -2.55. The first-order chi connectivity index (χ1) is 8.64. The van der Waals surface area contributed by atoms with Crippen molar-refractivity contribution in [3.05, 3.63) is 0 Å². The third kappa shape index (κ3) is 2.10. The quantitative estimate of drug-likeness (QED) is 0.781. The molecular weight excluding hydrogens is 224 g/mol. The van der Waals surface area contributed by atoms with Crippen molar-refractivity contribution >= 4 is 0 Å². The van der Waals surface area contributed by atoms with E-state index in [0.29, 0.717) is 17.6 Å². The number of nitrogens with one attached hydrogen (secondary N) is 1. The molecule has 0 aromatic rings. The first kappa shape index (κ1) is 12.9.